The summed E-state index contributed by atoms with van der Waals surface area (Å²) in [4.78, 5) is 52.4. The summed E-state index contributed by atoms with van der Waals surface area (Å²) >= 11 is 0. The molecular formula is C39H53N17O10S2+2. The Morgan fingerprint density at radius 2 is 1.16 bits per heavy atom. The molecule has 2 aliphatic rings. The summed E-state index contributed by atoms with van der Waals surface area (Å²) < 4.78 is 15.0. The van der Waals surface area contributed by atoms with Crippen LogP contribution in [0.3, 0.4) is 0 Å². The van der Waals surface area contributed by atoms with Gasteiger partial charge in [0.1, 0.15) is 89.4 Å². The molecule has 6 heterocycles. The molecule has 27 nitrogen and oxygen atoms in total. The average Bonchev–Trinajstić information content (AvgIpc) is 4.08. The molecule has 364 valence electrons. The van der Waals surface area contributed by atoms with E-state index in [-0.39, 0.29) is 23.1 Å². The van der Waals surface area contributed by atoms with Crippen molar-refractivity contribution in [2.75, 3.05) is 59.1 Å². The minimum absolute atomic E-state index is 0.147. The Labute approximate surface area is 393 Å². The number of azide groups is 2. The van der Waals surface area contributed by atoms with E-state index in [9.17, 15) is 40.2 Å². The number of anilines is 2. The summed E-state index contributed by atoms with van der Waals surface area (Å²) in [6.45, 7) is 2.34. The third kappa shape index (κ3) is 13.9. The van der Waals surface area contributed by atoms with Crippen LogP contribution in [0, 0.1) is 29.6 Å². The van der Waals surface area contributed by atoms with Crippen LogP contribution in [0.1, 0.15) is 45.1 Å². The number of aromatic nitrogens is 8. The van der Waals surface area contributed by atoms with Crippen molar-refractivity contribution >= 4 is 67.7 Å². The SMILES string of the molecule is C[C@@H](C[S+](CC#CCCCN=[N+]=[N-])C[C@H]1O[C@@H](n2cnc3c(N)ncnc32)[C@@H](O)C1O)C(=O)O.[N-]=[N+]=NCCCC#CC[S+](C[C@H](N)C(=O)O)C[C@H]1O[C@@H](n2cnc3c(N)ncnc32)[C@@H](O)C1O. The van der Waals surface area contributed by atoms with E-state index in [4.69, 9.17) is 37.7 Å². The van der Waals surface area contributed by atoms with E-state index >= 15 is 0 Å². The van der Waals surface area contributed by atoms with Crippen LogP contribution in [0.2, 0.25) is 0 Å². The van der Waals surface area contributed by atoms with E-state index < -0.39 is 94.8 Å². The first-order valence-electron chi connectivity index (χ1n) is 21.0. The molecule has 12 N–H and O–H groups in total. The lowest BCUT2D eigenvalue weighted by Crippen LogP contribution is -2.42. The lowest BCUT2D eigenvalue weighted by Gasteiger charge is -2.17. The number of fused-ring (bicyclic) bond motifs is 2. The number of nitrogen functional groups attached to an aromatic ring is 2. The highest BCUT2D eigenvalue weighted by molar-refractivity contribution is 7.97. The second kappa shape index (κ2) is 25.8. The average molecular weight is 984 g/mol. The van der Waals surface area contributed by atoms with Crippen molar-refractivity contribution in [3.63, 3.8) is 0 Å². The van der Waals surface area contributed by atoms with Crippen LogP contribution in [0.25, 0.3) is 43.2 Å². The quantitative estimate of drug-likeness (QED) is 0.0136. The van der Waals surface area contributed by atoms with Crippen molar-refractivity contribution in [1.29, 1.82) is 0 Å². The minimum Gasteiger partial charge on any atom is -0.481 e. The van der Waals surface area contributed by atoms with Gasteiger partial charge >= 0.3 is 11.9 Å². The number of unbranched alkanes of at least 4 members (excludes halogenated alkanes) is 2. The van der Waals surface area contributed by atoms with E-state index in [0.29, 0.717) is 84.1 Å². The number of carbonyl (C=O) groups is 2. The maximum absolute atomic E-state index is 11.4. The molecule has 2 saturated heterocycles. The van der Waals surface area contributed by atoms with Crippen LogP contribution in [0.4, 0.5) is 11.6 Å². The van der Waals surface area contributed by atoms with Gasteiger partial charge in [0.25, 0.3) is 0 Å². The number of nitrogens with zero attached hydrogens (tertiary/aromatic N) is 14. The Kier molecular flexibility index (Phi) is 20.0. The Hall–Kier alpha value is -6.20. The molecule has 6 rings (SSSR count). The number of hydrogen-bond donors (Lipinski definition) is 9. The lowest BCUT2D eigenvalue weighted by atomic mass is 10.1. The largest absolute Gasteiger partial charge is 0.481 e. The van der Waals surface area contributed by atoms with Gasteiger partial charge in [-0.1, -0.05) is 22.1 Å². The number of aliphatic hydroxyl groups excluding tert-OH is 4. The Balaban J connectivity index is 0.000000254. The number of imidazole rings is 2. The summed E-state index contributed by atoms with van der Waals surface area (Å²) in [7, 11) is -1.13. The molecule has 0 radical (unpaired) electrons. The number of carboxylic acid groups (broad SMARTS) is 2. The van der Waals surface area contributed by atoms with Crippen LogP contribution >= 0.6 is 0 Å². The molecule has 2 fully saturated rings. The molecule has 4 aromatic heterocycles. The smallest absolute Gasteiger partial charge is 0.325 e. The van der Waals surface area contributed by atoms with Gasteiger partial charge in [-0.2, -0.15) is 0 Å². The zero-order chi connectivity index (χ0) is 49.3. The van der Waals surface area contributed by atoms with Crippen LogP contribution < -0.4 is 17.2 Å². The van der Waals surface area contributed by atoms with Crippen LogP contribution in [-0.2, 0) is 40.9 Å². The zero-order valence-corrected chi connectivity index (χ0v) is 38.3. The molecular weight excluding hydrogens is 931 g/mol. The number of aliphatic carboxylic acids is 2. The van der Waals surface area contributed by atoms with Gasteiger partial charge in [0.15, 0.2) is 46.9 Å². The molecule has 29 heteroatoms. The van der Waals surface area contributed by atoms with E-state index in [1.165, 1.54) is 34.4 Å². The van der Waals surface area contributed by atoms with Gasteiger partial charge in [0, 0.05) is 57.5 Å². The normalized spacial score (nSPS) is 23.6. The van der Waals surface area contributed by atoms with Crippen molar-refractivity contribution in [2.24, 2.45) is 21.9 Å². The molecule has 0 spiro atoms. The van der Waals surface area contributed by atoms with Gasteiger partial charge in [-0.15, -0.1) is 0 Å². The highest BCUT2D eigenvalue weighted by Crippen LogP contribution is 2.34. The maximum atomic E-state index is 11.4. The summed E-state index contributed by atoms with van der Waals surface area (Å²) in [5, 5.41) is 68.1. The minimum atomic E-state index is -1.27. The molecule has 0 amide bonds. The Morgan fingerprint density at radius 1 is 0.721 bits per heavy atom. The van der Waals surface area contributed by atoms with Crippen LogP contribution in [-0.4, -0.2) is 172 Å². The monoisotopic (exact) mass is 983 g/mol. The van der Waals surface area contributed by atoms with Crippen molar-refractivity contribution in [1.82, 2.24) is 39.0 Å². The fraction of sp³-hybridized carbons (Fsp3) is 0.590. The van der Waals surface area contributed by atoms with Gasteiger partial charge < -0.3 is 57.3 Å². The summed E-state index contributed by atoms with van der Waals surface area (Å²) in [5.74, 6) is 11.7. The summed E-state index contributed by atoms with van der Waals surface area (Å²) in [5.41, 5.74) is 35.4. The molecule has 2 aliphatic heterocycles. The molecule has 0 aromatic carbocycles. The number of hydrogen-bond acceptors (Lipinski definition) is 19. The molecule has 0 aliphatic carbocycles. The van der Waals surface area contributed by atoms with Gasteiger partial charge in [-0.25, -0.2) is 29.9 Å². The van der Waals surface area contributed by atoms with Crippen molar-refractivity contribution < 1.29 is 49.7 Å². The standard InChI is InChI=1S/C20H26N8O5S.C19H25N9O5S/c1-12(20(31)32)8-34(7-5-3-2-4-6-26-27-22)9-13-15(29)16(30)19(33-13)28-11-25-14-17(21)23-10-24-18(14)28;20-11(19(31)32)7-34(6-4-2-1-3-5-26-27-22)8-12-14(29)15(30)18(33-12)28-10-25-13-16(21)23-9-24-17(13)28/h10-13,15-16,19,29-30H,2,4,6-9H2,1H3,(H2-,21,23,24,31,32);9-12,14-15,18,29-30H,1,3,5-8,20H2,(H2-,21,23,24,31,32)/p+2/t12-,13+,15?,16-,19+,34?;11-,12+,14?,15-,18+,34?/m00/s1. The van der Waals surface area contributed by atoms with Crippen LogP contribution in [0.15, 0.2) is 35.5 Å². The summed E-state index contributed by atoms with van der Waals surface area (Å²) in [6.07, 6.45) is -0.629. The molecule has 0 saturated carbocycles. The predicted octanol–water partition coefficient (Wildman–Crippen LogP) is -0.388. The van der Waals surface area contributed by atoms with Gasteiger partial charge in [0.2, 0.25) is 0 Å². The fourth-order valence-electron chi connectivity index (χ4n) is 6.94. The lowest BCUT2D eigenvalue weighted by molar-refractivity contribution is -0.140. The molecule has 4 unspecified atom stereocenters. The third-order valence-electron chi connectivity index (χ3n) is 10.5. The fourth-order valence-corrected chi connectivity index (χ4v) is 11.3. The summed E-state index contributed by atoms with van der Waals surface area (Å²) in [6, 6.07) is -1.09. The molecule has 68 heavy (non-hydrogen) atoms. The van der Waals surface area contributed by atoms with Crippen molar-refractivity contribution in [3.8, 4) is 23.7 Å². The van der Waals surface area contributed by atoms with Crippen molar-refractivity contribution in [3.05, 3.63) is 46.2 Å². The van der Waals surface area contributed by atoms with E-state index in [0.717, 1.165) is 0 Å². The van der Waals surface area contributed by atoms with E-state index in [1.807, 2.05) is 0 Å². The first-order valence-corrected chi connectivity index (χ1v) is 24.4. The third-order valence-corrected chi connectivity index (χ3v) is 15.0. The van der Waals surface area contributed by atoms with E-state index in [2.05, 4.69) is 73.6 Å². The Morgan fingerprint density at radius 3 is 1.57 bits per heavy atom. The molecule has 0 bridgehead atoms. The number of ether oxygens (including phenoxy) is 2. The van der Waals surface area contributed by atoms with Crippen molar-refractivity contribution in [2.45, 2.75) is 87.7 Å². The first-order chi connectivity index (χ1) is 32.7. The zero-order valence-electron chi connectivity index (χ0n) is 36.7. The molecule has 12 atom stereocenters. The number of nitrogens with two attached hydrogens (primary N) is 3. The van der Waals surface area contributed by atoms with E-state index in [1.54, 1.807) is 6.92 Å². The topological polar surface area (TPSA) is 437 Å². The second-order valence-electron chi connectivity index (χ2n) is 15.4. The highest BCUT2D eigenvalue weighted by Gasteiger charge is 2.49. The van der Waals surface area contributed by atoms with Gasteiger partial charge in [0.05, 0.1) is 18.6 Å². The molecule has 4 aromatic rings. The van der Waals surface area contributed by atoms with Gasteiger partial charge in [-0.05, 0) is 42.7 Å². The highest BCUT2D eigenvalue weighted by atomic mass is 32.2. The second-order valence-corrected chi connectivity index (χ2v) is 19.8. The Bertz CT molecular complexity index is 2400. The van der Waals surface area contributed by atoms with Crippen LogP contribution in [0.5, 0.6) is 0 Å². The van der Waals surface area contributed by atoms with Gasteiger partial charge in [-0.3, -0.25) is 18.7 Å². The maximum Gasteiger partial charge on any atom is 0.325 e. The number of aliphatic hydroxyl groups is 4. The first kappa shape index (κ1) is 52.8. The number of rotatable bonds is 20. The predicted molar refractivity (Wildman–Crippen MR) is 250 cm³/mol. The number of carboxylic acids is 2.